The highest BCUT2D eigenvalue weighted by Crippen LogP contribution is 2.18. The third kappa shape index (κ3) is 35.9. The molecular formula is C42H70O4. The van der Waals surface area contributed by atoms with Crippen LogP contribution in [0.2, 0.25) is 0 Å². The summed E-state index contributed by atoms with van der Waals surface area (Å²) in [6.07, 6.45) is 52.1. The van der Waals surface area contributed by atoms with Crippen molar-refractivity contribution >= 4 is 11.9 Å². The molecule has 0 aromatic rings. The van der Waals surface area contributed by atoms with E-state index in [0.717, 1.165) is 116 Å². The van der Waals surface area contributed by atoms with E-state index in [1.807, 2.05) is 0 Å². The maximum absolute atomic E-state index is 12.6. The summed E-state index contributed by atoms with van der Waals surface area (Å²) >= 11 is 0. The first-order valence-electron chi connectivity index (χ1n) is 18.9. The highest BCUT2D eigenvalue weighted by atomic mass is 16.5. The molecule has 46 heavy (non-hydrogen) atoms. The summed E-state index contributed by atoms with van der Waals surface area (Å²) in [5, 5.41) is 8.73. The first kappa shape index (κ1) is 43.4. The molecule has 0 spiro atoms. The monoisotopic (exact) mass is 639 g/mol. The maximum atomic E-state index is 12.6. The first-order valence-corrected chi connectivity index (χ1v) is 18.9. The fraction of sp³-hybridized carbons (Fsp3) is 0.667. The van der Waals surface area contributed by atoms with Gasteiger partial charge in [-0.3, -0.25) is 9.59 Å². The van der Waals surface area contributed by atoms with Crippen molar-refractivity contribution in [3.8, 4) is 0 Å². The van der Waals surface area contributed by atoms with Crippen molar-refractivity contribution in [2.24, 2.45) is 0 Å². The van der Waals surface area contributed by atoms with Gasteiger partial charge in [0.2, 0.25) is 0 Å². The molecule has 0 aromatic carbocycles. The third-order valence-electron chi connectivity index (χ3n) is 7.94. The van der Waals surface area contributed by atoms with Crippen LogP contribution >= 0.6 is 0 Å². The molecule has 0 fully saturated rings. The van der Waals surface area contributed by atoms with Crippen molar-refractivity contribution in [1.29, 1.82) is 0 Å². The van der Waals surface area contributed by atoms with Crippen molar-refractivity contribution in [3.63, 3.8) is 0 Å². The number of unbranched alkanes of at least 4 members (excludes halogenated alkanes) is 12. The standard InChI is InChI=1S/C42H70O4/c1-3-5-7-9-10-11-12-13-14-15-16-17-18-19-20-21-22-23-27-31-35-39-42(45)46-40(36-32-28-8-6-4-2)37-33-29-25-24-26-30-34-38-41(43)44/h5,7,10-11,13-14,16-17,19-20,22-23,40H,3-4,6,8-9,12,15,18,21,24-39H2,1-2H3,(H,43,44)/b7-5-,11-10-,14-13-,17-16-,20-19-,23-22-. The second-order valence-electron chi connectivity index (χ2n) is 12.4. The molecule has 0 aliphatic carbocycles. The summed E-state index contributed by atoms with van der Waals surface area (Å²) in [6.45, 7) is 4.39. The van der Waals surface area contributed by atoms with Crippen LogP contribution in [0.3, 0.4) is 0 Å². The predicted octanol–water partition coefficient (Wildman–Crippen LogP) is 13.1. The maximum Gasteiger partial charge on any atom is 0.306 e. The number of rotatable bonds is 33. The van der Waals surface area contributed by atoms with Crippen LogP contribution in [0.25, 0.3) is 0 Å². The topological polar surface area (TPSA) is 63.6 Å². The third-order valence-corrected chi connectivity index (χ3v) is 7.94. The predicted molar refractivity (Wildman–Crippen MR) is 199 cm³/mol. The van der Waals surface area contributed by atoms with Crippen LogP contribution in [0, 0.1) is 0 Å². The van der Waals surface area contributed by atoms with Gasteiger partial charge in [0.25, 0.3) is 0 Å². The lowest BCUT2D eigenvalue weighted by Crippen LogP contribution is -2.18. The summed E-state index contributed by atoms with van der Waals surface area (Å²) in [4.78, 5) is 23.2. The van der Waals surface area contributed by atoms with Crippen molar-refractivity contribution < 1.29 is 19.4 Å². The van der Waals surface area contributed by atoms with E-state index in [0.29, 0.717) is 6.42 Å². The van der Waals surface area contributed by atoms with E-state index in [2.05, 4.69) is 86.8 Å². The fourth-order valence-corrected chi connectivity index (χ4v) is 5.19. The van der Waals surface area contributed by atoms with E-state index >= 15 is 0 Å². The summed E-state index contributed by atoms with van der Waals surface area (Å²) < 4.78 is 5.95. The first-order chi connectivity index (χ1) is 22.6. The molecule has 0 bridgehead atoms. The zero-order valence-corrected chi connectivity index (χ0v) is 29.9. The average Bonchev–Trinajstić information content (AvgIpc) is 3.04. The Morgan fingerprint density at radius 2 is 0.913 bits per heavy atom. The van der Waals surface area contributed by atoms with Gasteiger partial charge in [-0.25, -0.2) is 0 Å². The molecule has 4 nitrogen and oxygen atoms in total. The Kier molecular flexibility index (Phi) is 34.7. The SMILES string of the molecule is CC/C=C\C/C=C\C/C=C\C/C=C\C/C=C\C/C=C\CCCCC(=O)OC(CCCCCCC)CCCCCCCCCC(=O)O. The Labute approximate surface area is 284 Å². The summed E-state index contributed by atoms with van der Waals surface area (Å²) in [5.74, 6) is -0.722. The van der Waals surface area contributed by atoms with Crippen LogP contribution in [0.5, 0.6) is 0 Å². The minimum atomic E-state index is -0.694. The summed E-state index contributed by atoms with van der Waals surface area (Å²) in [6, 6.07) is 0. The van der Waals surface area contributed by atoms with Crippen molar-refractivity contribution in [3.05, 3.63) is 72.9 Å². The van der Waals surface area contributed by atoms with Crippen LogP contribution < -0.4 is 0 Å². The van der Waals surface area contributed by atoms with Crippen LogP contribution in [0.4, 0.5) is 0 Å². The molecule has 0 amide bonds. The Morgan fingerprint density at radius 3 is 1.39 bits per heavy atom. The fourth-order valence-electron chi connectivity index (χ4n) is 5.19. The number of hydrogen-bond donors (Lipinski definition) is 1. The van der Waals surface area contributed by atoms with Gasteiger partial charge < -0.3 is 9.84 Å². The molecule has 4 heteroatoms. The highest BCUT2D eigenvalue weighted by Gasteiger charge is 2.14. The molecule has 1 atom stereocenters. The molecule has 0 aliphatic rings. The average molecular weight is 639 g/mol. The molecular weight excluding hydrogens is 568 g/mol. The van der Waals surface area contributed by atoms with Crippen LogP contribution in [0.1, 0.15) is 174 Å². The summed E-state index contributed by atoms with van der Waals surface area (Å²) in [7, 11) is 0. The zero-order chi connectivity index (χ0) is 33.6. The van der Waals surface area contributed by atoms with Crippen molar-refractivity contribution in [2.45, 2.75) is 180 Å². The Balaban J connectivity index is 3.99. The van der Waals surface area contributed by atoms with Gasteiger partial charge in [-0.1, -0.05) is 145 Å². The molecule has 1 N–H and O–H groups in total. The highest BCUT2D eigenvalue weighted by molar-refractivity contribution is 5.69. The van der Waals surface area contributed by atoms with Crippen LogP contribution in [-0.4, -0.2) is 23.1 Å². The lowest BCUT2D eigenvalue weighted by atomic mass is 10.0. The number of ether oxygens (including phenoxy) is 1. The van der Waals surface area contributed by atoms with E-state index in [1.165, 1.54) is 32.1 Å². The molecule has 262 valence electrons. The van der Waals surface area contributed by atoms with Crippen LogP contribution in [0.15, 0.2) is 72.9 Å². The number of allylic oxidation sites excluding steroid dienone is 12. The van der Waals surface area contributed by atoms with E-state index < -0.39 is 5.97 Å². The number of carbonyl (C=O) groups excluding carboxylic acids is 1. The van der Waals surface area contributed by atoms with E-state index in [4.69, 9.17) is 9.84 Å². The number of hydrogen-bond acceptors (Lipinski definition) is 3. The second kappa shape index (κ2) is 36.8. The number of aliphatic carboxylic acids is 1. The number of carboxylic acids is 1. The molecule has 0 aromatic heterocycles. The van der Waals surface area contributed by atoms with Gasteiger partial charge in [-0.2, -0.15) is 0 Å². The Morgan fingerprint density at radius 1 is 0.500 bits per heavy atom. The van der Waals surface area contributed by atoms with Gasteiger partial charge in [0.15, 0.2) is 0 Å². The molecule has 0 aliphatic heterocycles. The van der Waals surface area contributed by atoms with E-state index in [-0.39, 0.29) is 18.5 Å². The molecule has 0 radical (unpaired) electrons. The molecule has 1 unspecified atom stereocenters. The molecule has 0 rings (SSSR count). The number of esters is 1. The number of carboxylic acid groups (broad SMARTS) is 1. The van der Waals surface area contributed by atoms with Crippen molar-refractivity contribution in [1.82, 2.24) is 0 Å². The van der Waals surface area contributed by atoms with Gasteiger partial charge in [0, 0.05) is 12.8 Å². The molecule has 0 saturated heterocycles. The minimum absolute atomic E-state index is 0.0280. The quantitative estimate of drug-likeness (QED) is 0.0441. The Hall–Kier alpha value is -2.62. The normalized spacial score (nSPS) is 13.1. The van der Waals surface area contributed by atoms with Gasteiger partial charge in [-0.15, -0.1) is 0 Å². The zero-order valence-electron chi connectivity index (χ0n) is 29.9. The Bertz CT molecular complexity index is 861. The lowest BCUT2D eigenvalue weighted by Gasteiger charge is -2.18. The van der Waals surface area contributed by atoms with Gasteiger partial charge >= 0.3 is 11.9 Å². The smallest absolute Gasteiger partial charge is 0.306 e. The van der Waals surface area contributed by atoms with E-state index in [9.17, 15) is 9.59 Å². The summed E-state index contributed by atoms with van der Waals surface area (Å²) in [5.41, 5.74) is 0. The van der Waals surface area contributed by atoms with Crippen LogP contribution in [-0.2, 0) is 14.3 Å². The second-order valence-corrected chi connectivity index (χ2v) is 12.4. The van der Waals surface area contributed by atoms with E-state index in [1.54, 1.807) is 0 Å². The molecule has 0 heterocycles. The number of carbonyl (C=O) groups is 2. The minimum Gasteiger partial charge on any atom is -0.481 e. The molecule has 0 saturated carbocycles. The lowest BCUT2D eigenvalue weighted by molar-refractivity contribution is -0.150. The van der Waals surface area contributed by atoms with Gasteiger partial charge in [0.1, 0.15) is 6.10 Å². The van der Waals surface area contributed by atoms with Crippen molar-refractivity contribution in [2.75, 3.05) is 0 Å². The van der Waals surface area contributed by atoms with Gasteiger partial charge in [-0.05, 0) is 89.9 Å². The largest absolute Gasteiger partial charge is 0.481 e. The van der Waals surface area contributed by atoms with Gasteiger partial charge in [0.05, 0.1) is 0 Å².